The van der Waals surface area contributed by atoms with Crippen LogP contribution in [0.1, 0.15) is 33.4 Å². The molecule has 0 fully saturated rings. The van der Waals surface area contributed by atoms with Crippen molar-refractivity contribution in [3.05, 3.63) is 82.7 Å². The second-order valence-electron chi connectivity index (χ2n) is 12.0. The number of alkyl halides is 3. The molecule has 2 aromatic heterocycles. The van der Waals surface area contributed by atoms with Crippen molar-refractivity contribution in [1.29, 1.82) is 5.26 Å². The summed E-state index contributed by atoms with van der Waals surface area (Å²) in [4.78, 5) is 44.7. The third-order valence-corrected chi connectivity index (χ3v) is 6.88. The number of nitrogens with zero attached hydrogens (tertiary/aromatic N) is 6. The molecule has 1 aliphatic heterocycles. The van der Waals surface area contributed by atoms with Gasteiger partial charge in [0, 0.05) is 48.4 Å². The summed E-state index contributed by atoms with van der Waals surface area (Å²) < 4.78 is 52.9. The first-order chi connectivity index (χ1) is 22.3. The number of pyridine rings is 1. The zero-order valence-electron chi connectivity index (χ0n) is 27.3. The van der Waals surface area contributed by atoms with Crippen molar-refractivity contribution in [3.63, 3.8) is 0 Å². The van der Waals surface area contributed by atoms with Crippen LogP contribution in [0.25, 0.3) is 11.0 Å². The van der Waals surface area contributed by atoms with E-state index < -0.39 is 45.5 Å². The van der Waals surface area contributed by atoms with Gasteiger partial charge in [-0.3, -0.25) is 4.79 Å². The number of halogens is 4. The molecule has 0 aliphatic carbocycles. The van der Waals surface area contributed by atoms with Gasteiger partial charge in [0.15, 0.2) is 5.65 Å². The van der Waals surface area contributed by atoms with Gasteiger partial charge in [-0.25, -0.2) is 19.1 Å². The second kappa shape index (κ2) is 15.0. The fourth-order valence-corrected chi connectivity index (χ4v) is 4.70. The van der Waals surface area contributed by atoms with E-state index in [9.17, 15) is 27.6 Å². The van der Waals surface area contributed by atoms with Crippen LogP contribution in [0, 0.1) is 11.3 Å². The highest BCUT2D eigenvalue weighted by Gasteiger charge is 2.48. The molecule has 0 saturated carbocycles. The van der Waals surface area contributed by atoms with E-state index in [1.165, 1.54) is 38.2 Å². The SMILES string of the molecule is C=C(C=C(Cl)C=C(C)C#N)OC1=C(C(F)(F)F)C=C[N+](C)(Cc2nn(C(=O)N(C)CCNCC(=O)OC(C)(C)C)c3ncccc23)C1=O. The van der Waals surface area contributed by atoms with Crippen LogP contribution < -0.4 is 5.32 Å². The van der Waals surface area contributed by atoms with Gasteiger partial charge in [-0.05, 0) is 52.0 Å². The van der Waals surface area contributed by atoms with Gasteiger partial charge in [0.25, 0.3) is 0 Å². The zero-order valence-corrected chi connectivity index (χ0v) is 28.1. The Morgan fingerprint density at radius 2 is 1.96 bits per heavy atom. The number of amides is 2. The zero-order chi connectivity index (χ0) is 36.0. The van der Waals surface area contributed by atoms with E-state index in [1.807, 2.05) is 6.07 Å². The molecule has 0 radical (unpaired) electrons. The number of nitrogens with one attached hydrogen (secondary N) is 1. The van der Waals surface area contributed by atoms with E-state index in [1.54, 1.807) is 32.9 Å². The Morgan fingerprint density at radius 1 is 1.27 bits per heavy atom. The van der Waals surface area contributed by atoms with Gasteiger partial charge >= 0.3 is 24.1 Å². The number of carbonyl (C=O) groups excluding carboxylic acids is 3. The minimum Gasteiger partial charge on any atom is -0.459 e. The number of carbonyl (C=O) groups is 3. The number of aromatic nitrogens is 3. The molecule has 3 heterocycles. The van der Waals surface area contributed by atoms with Crippen LogP contribution in [0.5, 0.6) is 0 Å². The van der Waals surface area contributed by atoms with E-state index in [-0.39, 0.29) is 53.9 Å². The van der Waals surface area contributed by atoms with E-state index in [2.05, 4.69) is 22.0 Å². The van der Waals surface area contributed by atoms with Crippen LogP contribution in [0.3, 0.4) is 0 Å². The lowest BCUT2D eigenvalue weighted by Gasteiger charge is -2.31. The molecule has 256 valence electrons. The molecule has 12 nitrogen and oxygen atoms in total. The van der Waals surface area contributed by atoms with Crippen molar-refractivity contribution in [3.8, 4) is 6.07 Å². The molecule has 1 N–H and O–H groups in total. The Hall–Kier alpha value is -4.78. The molecule has 0 saturated heterocycles. The highest BCUT2D eigenvalue weighted by molar-refractivity contribution is 6.31. The summed E-state index contributed by atoms with van der Waals surface area (Å²) in [5.74, 6) is -2.90. The lowest BCUT2D eigenvalue weighted by molar-refractivity contribution is -0.795. The quantitative estimate of drug-likeness (QED) is 0.0842. The highest BCUT2D eigenvalue weighted by Crippen LogP contribution is 2.37. The molecule has 0 aromatic carbocycles. The molecule has 2 amide bonds. The third-order valence-electron chi connectivity index (χ3n) is 6.66. The summed E-state index contributed by atoms with van der Waals surface area (Å²) >= 11 is 6.05. The average molecular weight is 691 g/mol. The minimum atomic E-state index is -4.95. The molecule has 2 aromatic rings. The van der Waals surface area contributed by atoms with Gasteiger partial charge in [-0.15, -0.1) is 0 Å². The van der Waals surface area contributed by atoms with Gasteiger partial charge in [-0.1, -0.05) is 18.2 Å². The molecular formula is C32H36ClF3N7O5+. The minimum absolute atomic E-state index is 0.0535. The maximum Gasteiger partial charge on any atom is 0.420 e. The van der Waals surface area contributed by atoms with Crippen LogP contribution >= 0.6 is 11.6 Å². The van der Waals surface area contributed by atoms with E-state index in [0.29, 0.717) is 5.39 Å². The van der Waals surface area contributed by atoms with Crippen LogP contribution in [0.2, 0.25) is 0 Å². The Bertz CT molecular complexity index is 1780. The predicted octanol–water partition coefficient (Wildman–Crippen LogP) is 5.20. The summed E-state index contributed by atoms with van der Waals surface area (Å²) in [5, 5.41) is 16.6. The fraction of sp³-hybridized carbons (Fsp3) is 0.375. The van der Waals surface area contributed by atoms with Crippen molar-refractivity contribution >= 4 is 40.5 Å². The molecule has 0 bridgehead atoms. The Morgan fingerprint density at radius 3 is 2.58 bits per heavy atom. The van der Waals surface area contributed by atoms with Gasteiger partial charge in [-0.2, -0.15) is 28.2 Å². The average Bonchev–Trinajstić information content (AvgIpc) is 3.33. The Labute approximate surface area is 280 Å². The highest BCUT2D eigenvalue weighted by atomic mass is 35.5. The van der Waals surface area contributed by atoms with Gasteiger partial charge in [0.2, 0.25) is 5.76 Å². The number of allylic oxidation sites excluding steroid dienone is 6. The molecular weight excluding hydrogens is 655 g/mol. The number of ether oxygens (including phenoxy) is 2. The van der Waals surface area contributed by atoms with Crippen molar-refractivity contribution in [2.45, 2.75) is 46.0 Å². The van der Waals surface area contributed by atoms with E-state index in [4.69, 9.17) is 26.3 Å². The maximum atomic E-state index is 14.0. The van der Waals surface area contributed by atoms with Crippen molar-refractivity contribution in [1.82, 2.24) is 25.0 Å². The number of quaternary nitrogens is 1. The van der Waals surface area contributed by atoms with Crippen LogP contribution in [0.15, 0.2) is 77.0 Å². The number of fused-ring (bicyclic) bond motifs is 1. The molecule has 1 aliphatic rings. The summed E-state index contributed by atoms with van der Waals surface area (Å²) in [6.45, 7) is 10.4. The van der Waals surface area contributed by atoms with Crippen LogP contribution in [0.4, 0.5) is 18.0 Å². The van der Waals surface area contributed by atoms with Gasteiger partial charge < -0.3 is 19.7 Å². The molecule has 16 heteroatoms. The van der Waals surface area contributed by atoms with Gasteiger partial charge in [0.05, 0.1) is 19.7 Å². The smallest absolute Gasteiger partial charge is 0.420 e. The van der Waals surface area contributed by atoms with Crippen molar-refractivity contribution in [2.75, 3.05) is 33.7 Å². The number of likely N-dealkylation sites (N-methyl/N-ethyl adjacent to an activating group) is 2. The summed E-state index contributed by atoms with van der Waals surface area (Å²) in [6, 6.07) is 4.50. The molecule has 1 unspecified atom stereocenters. The topological polar surface area (TPSA) is 139 Å². The third kappa shape index (κ3) is 9.63. The predicted molar refractivity (Wildman–Crippen MR) is 170 cm³/mol. The standard InChI is InChI=1S/C32H36ClF3N7O5/c1-20(17-37)15-22(33)16-21(2)47-27-24(32(34,35)36)10-14-43(7,29(27)45)19-25-23-9-8-11-39-28(23)42(40-25)30(46)41(6)13-12-38-18-26(44)48-31(3,4)5/h8-11,14-16,38H,2,12-13,18-19H2,1,3-7H3/q+1. The van der Waals surface area contributed by atoms with E-state index >= 15 is 0 Å². The number of nitriles is 1. The monoisotopic (exact) mass is 690 g/mol. The fourth-order valence-electron chi connectivity index (χ4n) is 4.42. The maximum absolute atomic E-state index is 14.0. The molecule has 0 spiro atoms. The second-order valence-corrected chi connectivity index (χ2v) is 12.5. The number of rotatable bonds is 11. The molecule has 48 heavy (non-hydrogen) atoms. The largest absolute Gasteiger partial charge is 0.459 e. The van der Waals surface area contributed by atoms with E-state index in [0.717, 1.165) is 23.0 Å². The molecule has 1 atom stereocenters. The first-order valence-electron chi connectivity index (χ1n) is 14.5. The van der Waals surface area contributed by atoms with Crippen LogP contribution in [-0.4, -0.2) is 87.6 Å². The summed E-state index contributed by atoms with van der Waals surface area (Å²) in [5.41, 5.74) is -1.36. The number of hydrogen-bond acceptors (Lipinski definition) is 9. The van der Waals surface area contributed by atoms with Crippen molar-refractivity contribution in [2.24, 2.45) is 0 Å². The lowest BCUT2D eigenvalue weighted by Crippen LogP contribution is -2.47. The summed E-state index contributed by atoms with van der Waals surface area (Å²) in [7, 11) is 2.89. The molecule has 3 rings (SSSR count). The van der Waals surface area contributed by atoms with Gasteiger partial charge in [0.1, 0.15) is 35.4 Å². The first-order valence-corrected chi connectivity index (χ1v) is 14.9. The summed E-state index contributed by atoms with van der Waals surface area (Å²) in [6.07, 6.45) is 0.630. The van der Waals surface area contributed by atoms with Crippen LogP contribution in [-0.2, 0) is 25.6 Å². The van der Waals surface area contributed by atoms with Crippen molar-refractivity contribution < 1.29 is 41.5 Å². The Kier molecular flexibility index (Phi) is 11.8. The Balaban J connectivity index is 1.86. The number of esters is 1. The lowest BCUT2D eigenvalue weighted by atomic mass is 10.1. The normalized spacial score (nSPS) is 17.4. The first kappa shape index (κ1) is 37.7. The number of hydrogen-bond donors (Lipinski definition) is 1.